The molecule has 0 spiro atoms. The van der Waals surface area contributed by atoms with E-state index in [-0.39, 0.29) is 30.1 Å². The predicted octanol–water partition coefficient (Wildman–Crippen LogP) is 0.864. The Balaban J connectivity index is 1.82. The van der Waals surface area contributed by atoms with Gasteiger partial charge in [-0.2, -0.15) is 0 Å². The average Bonchev–Trinajstić information content (AvgIpc) is 3.07. The second kappa shape index (κ2) is 6.92. The molecule has 0 aliphatic carbocycles. The van der Waals surface area contributed by atoms with E-state index in [1.807, 2.05) is 6.92 Å². The van der Waals surface area contributed by atoms with Gasteiger partial charge in [0.15, 0.2) is 0 Å². The molecule has 0 aromatic heterocycles. The van der Waals surface area contributed by atoms with E-state index >= 15 is 0 Å². The number of likely N-dealkylation sites (tertiary alicyclic amines) is 1. The Morgan fingerprint density at radius 3 is 2.80 bits per heavy atom. The third kappa shape index (κ3) is 3.62. The lowest BCUT2D eigenvalue weighted by molar-refractivity contribution is -0.124. The molecule has 2 saturated heterocycles. The highest BCUT2D eigenvalue weighted by Crippen LogP contribution is 2.19. The van der Waals surface area contributed by atoms with Crippen LogP contribution in [0.1, 0.15) is 39.0 Å². The number of hydrogen-bond acceptors (Lipinski definition) is 3. The van der Waals surface area contributed by atoms with E-state index in [9.17, 15) is 9.59 Å². The van der Waals surface area contributed by atoms with Gasteiger partial charge in [-0.1, -0.05) is 0 Å². The normalized spacial score (nSPS) is 27.4. The molecule has 0 radical (unpaired) electrons. The Hall–Kier alpha value is -1.30. The summed E-state index contributed by atoms with van der Waals surface area (Å²) in [5, 5.41) is 5.61. The van der Waals surface area contributed by atoms with Gasteiger partial charge in [-0.3, -0.25) is 4.79 Å². The van der Waals surface area contributed by atoms with E-state index < -0.39 is 0 Å². The second-order valence-electron chi connectivity index (χ2n) is 5.69. The number of nitrogens with zero attached hydrogens (tertiary/aromatic N) is 1. The van der Waals surface area contributed by atoms with Crippen molar-refractivity contribution in [3.05, 3.63) is 0 Å². The Morgan fingerprint density at radius 1 is 1.35 bits per heavy atom. The van der Waals surface area contributed by atoms with Crippen LogP contribution in [0.4, 0.5) is 4.79 Å². The van der Waals surface area contributed by atoms with Gasteiger partial charge in [-0.25, -0.2) is 4.79 Å². The van der Waals surface area contributed by atoms with Gasteiger partial charge in [0, 0.05) is 26.2 Å². The van der Waals surface area contributed by atoms with E-state index in [0.29, 0.717) is 6.54 Å². The average molecular weight is 283 g/mol. The molecule has 114 valence electrons. The van der Waals surface area contributed by atoms with Crippen LogP contribution in [-0.2, 0) is 9.53 Å². The zero-order valence-electron chi connectivity index (χ0n) is 12.4. The first-order valence-corrected chi connectivity index (χ1v) is 7.52. The summed E-state index contributed by atoms with van der Waals surface area (Å²) >= 11 is 0. The zero-order valence-corrected chi connectivity index (χ0v) is 12.4. The summed E-state index contributed by atoms with van der Waals surface area (Å²) < 4.78 is 5.58. The number of carbonyl (C=O) groups excluding carboxylic acids is 2. The molecular weight excluding hydrogens is 258 g/mol. The van der Waals surface area contributed by atoms with Crippen LogP contribution in [0.15, 0.2) is 0 Å². The molecule has 3 atom stereocenters. The summed E-state index contributed by atoms with van der Waals surface area (Å²) in [7, 11) is 1.61. The summed E-state index contributed by atoms with van der Waals surface area (Å²) in [6, 6.07) is -0.395. The van der Waals surface area contributed by atoms with Crippen LogP contribution in [0.5, 0.6) is 0 Å². The number of ether oxygens (including phenoxy) is 1. The summed E-state index contributed by atoms with van der Waals surface area (Å²) in [6.45, 7) is 3.47. The number of urea groups is 1. The maximum atomic E-state index is 12.3. The van der Waals surface area contributed by atoms with Gasteiger partial charge in [-0.05, 0) is 39.0 Å². The highest BCUT2D eigenvalue weighted by atomic mass is 16.5. The molecular formula is C14H25N3O3. The van der Waals surface area contributed by atoms with Crippen LogP contribution in [0, 0.1) is 0 Å². The first kappa shape index (κ1) is 15.1. The molecule has 3 unspecified atom stereocenters. The Labute approximate surface area is 120 Å². The summed E-state index contributed by atoms with van der Waals surface area (Å²) in [6.07, 6.45) is 4.91. The van der Waals surface area contributed by atoms with Crippen molar-refractivity contribution in [2.24, 2.45) is 0 Å². The van der Waals surface area contributed by atoms with Crippen LogP contribution in [0.25, 0.3) is 0 Å². The van der Waals surface area contributed by atoms with Crippen molar-refractivity contribution in [3.8, 4) is 0 Å². The van der Waals surface area contributed by atoms with E-state index in [2.05, 4.69) is 10.6 Å². The third-order valence-corrected chi connectivity index (χ3v) is 4.07. The minimum absolute atomic E-state index is 0.0662. The van der Waals surface area contributed by atoms with E-state index in [4.69, 9.17) is 4.74 Å². The number of carbonyl (C=O) groups is 2. The van der Waals surface area contributed by atoms with Gasteiger partial charge in [0.25, 0.3) is 0 Å². The lowest BCUT2D eigenvalue weighted by Crippen LogP contribution is -2.51. The molecule has 0 aromatic rings. The molecule has 6 heteroatoms. The molecule has 2 aliphatic heterocycles. The van der Waals surface area contributed by atoms with Crippen molar-refractivity contribution in [1.82, 2.24) is 15.5 Å². The topological polar surface area (TPSA) is 70.7 Å². The van der Waals surface area contributed by atoms with Crippen molar-refractivity contribution >= 4 is 11.9 Å². The van der Waals surface area contributed by atoms with Crippen molar-refractivity contribution in [3.63, 3.8) is 0 Å². The van der Waals surface area contributed by atoms with Crippen LogP contribution in [0.2, 0.25) is 0 Å². The first-order valence-electron chi connectivity index (χ1n) is 7.52. The minimum atomic E-state index is -0.324. The van der Waals surface area contributed by atoms with Crippen LogP contribution >= 0.6 is 0 Å². The fourth-order valence-corrected chi connectivity index (χ4v) is 3.03. The number of rotatable bonds is 4. The molecule has 6 nitrogen and oxygen atoms in total. The van der Waals surface area contributed by atoms with Crippen LogP contribution in [-0.4, -0.2) is 55.2 Å². The fourth-order valence-electron chi connectivity index (χ4n) is 3.03. The molecule has 2 fully saturated rings. The summed E-state index contributed by atoms with van der Waals surface area (Å²) in [5.74, 6) is -0.0792. The predicted molar refractivity (Wildman–Crippen MR) is 75.4 cm³/mol. The molecule has 2 N–H and O–H groups in total. The quantitative estimate of drug-likeness (QED) is 0.804. The van der Waals surface area contributed by atoms with E-state index in [1.165, 1.54) is 0 Å². The smallest absolute Gasteiger partial charge is 0.318 e. The third-order valence-electron chi connectivity index (χ3n) is 4.07. The Kier molecular flexibility index (Phi) is 5.23. The maximum absolute atomic E-state index is 12.3. The SMILES string of the molecule is CNC(=O)C1CCCN1C(=O)NC(C)CC1CCCO1. The van der Waals surface area contributed by atoms with Crippen molar-refractivity contribution in [2.45, 2.75) is 57.2 Å². The molecule has 20 heavy (non-hydrogen) atoms. The van der Waals surface area contributed by atoms with E-state index in [1.54, 1.807) is 11.9 Å². The van der Waals surface area contributed by atoms with Gasteiger partial charge in [-0.15, -0.1) is 0 Å². The van der Waals surface area contributed by atoms with E-state index in [0.717, 1.165) is 38.7 Å². The first-order chi connectivity index (χ1) is 9.61. The second-order valence-corrected chi connectivity index (χ2v) is 5.69. The number of hydrogen-bond donors (Lipinski definition) is 2. The van der Waals surface area contributed by atoms with Crippen molar-refractivity contribution < 1.29 is 14.3 Å². The standard InChI is InChI=1S/C14H25N3O3/c1-10(9-11-5-4-8-20-11)16-14(19)17-7-3-6-12(17)13(18)15-2/h10-12H,3-9H2,1-2H3,(H,15,18)(H,16,19). The summed E-state index contributed by atoms with van der Waals surface area (Å²) in [5.41, 5.74) is 0. The van der Waals surface area contributed by atoms with Gasteiger partial charge >= 0.3 is 6.03 Å². The minimum Gasteiger partial charge on any atom is -0.378 e. The lowest BCUT2D eigenvalue weighted by Gasteiger charge is -2.26. The van der Waals surface area contributed by atoms with Gasteiger partial charge in [0.05, 0.1) is 6.10 Å². The molecule has 2 rings (SSSR count). The fraction of sp³-hybridized carbons (Fsp3) is 0.857. The van der Waals surface area contributed by atoms with Crippen LogP contribution in [0.3, 0.4) is 0 Å². The van der Waals surface area contributed by atoms with Gasteiger partial charge in [0.2, 0.25) is 5.91 Å². The van der Waals surface area contributed by atoms with Gasteiger partial charge in [0.1, 0.15) is 6.04 Å². The lowest BCUT2D eigenvalue weighted by atomic mass is 10.1. The summed E-state index contributed by atoms with van der Waals surface area (Å²) in [4.78, 5) is 25.6. The molecule has 0 aromatic carbocycles. The molecule has 2 aliphatic rings. The monoisotopic (exact) mass is 283 g/mol. The number of nitrogens with one attached hydrogen (secondary N) is 2. The highest BCUT2D eigenvalue weighted by Gasteiger charge is 2.34. The van der Waals surface area contributed by atoms with Crippen LogP contribution < -0.4 is 10.6 Å². The Morgan fingerprint density at radius 2 is 2.15 bits per heavy atom. The highest BCUT2D eigenvalue weighted by molar-refractivity contribution is 5.87. The largest absolute Gasteiger partial charge is 0.378 e. The molecule has 2 heterocycles. The van der Waals surface area contributed by atoms with Crippen molar-refractivity contribution in [2.75, 3.05) is 20.2 Å². The molecule has 0 saturated carbocycles. The number of amides is 3. The van der Waals surface area contributed by atoms with Crippen molar-refractivity contribution in [1.29, 1.82) is 0 Å². The zero-order chi connectivity index (χ0) is 14.5. The number of likely N-dealkylation sites (N-methyl/N-ethyl adjacent to an activating group) is 1. The molecule has 0 bridgehead atoms. The van der Waals surface area contributed by atoms with Gasteiger partial charge < -0.3 is 20.3 Å². The maximum Gasteiger partial charge on any atom is 0.318 e. The molecule has 3 amide bonds. The Bertz CT molecular complexity index is 356.